The van der Waals surface area contributed by atoms with Crippen LogP contribution in [0.4, 0.5) is 0 Å². The lowest BCUT2D eigenvalue weighted by Gasteiger charge is -2.18. The highest BCUT2D eigenvalue weighted by Gasteiger charge is 2.11. The molecule has 0 spiro atoms. The van der Waals surface area contributed by atoms with E-state index in [2.05, 4.69) is 45.1 Å². The average molecular weight is 611 g/mol. The van der Waals surface area contributed by atoms with Crippen LogP contribution in [-0.4, -0.2) is 11.2 Å². The van der Waals surface area contributed by atoms with Crippen LogP contribution in [0.1, 0.15) is 213 Å². The maximum absolute atomic E-state index is 9.87. The Labute approximate surface area is 273 Å². The van der Waals surface area contributed by atoms with E-state index in [0.29, 0.717) is 5.92 Å². The quantitative estimate of drug-likeness (QED) is 0.0568. The highest BCUT2D eigenvalue weighted by atomic mass is 35.5. The minimum Gasteiger partial charge on any atom is -0.393 e. The van der Waals surface area contributed by atoms with Crippen LogP contribution in [0, 0.1) is 12.8 Å². The molecule has 0 aromatic heterocycles. The zero-order valence-electron chi connectivity index (χ0n) is 28.9. The molecule has 0 rings (SSSR count). The minimum atomic E-state index is -0.386. The summed E-state index contributed by atoms with van der Waals surface area (Å²) in [7, 11) is 0. The van der Waals surface area contributed by atoms with Crippen molar-refractivity contribution >= 4 is 12.4 Å². The largest absolute Gasteiger partial charge is 0.393 e. The molecule has 0 aromatic rings. The van der Waals surface area contributed by atoms with Gasteiger partial charge >= 0.3 is 0 Å². The molecule has 0 aliphatic rings. The lowest BCUT2D eigenvalue weighted by molar-refractivity contribution is 0.174. The third-order valence-electron chi connectivity index (χ3n) is 8.85. The van der Waals surface area contributed by atoms with E-state index in [-0.39, 0.29) is 18.5 Å². The topological polar surface area (TPSA) is 20.2 Å². The molecule has 0 aliphatic heterocycles. The van der Waals surface area contributed by atoms with Gasteiger partial charge in [-0.3, -0.25) is 0 Å². The van der Waals surface area contributed by atoms with E-state index in [0.717, 1.165) is 6.42 Å². The Morgan fingerprint density at radius 2 is 0.690 bits per heavy atom. The van der Waals surface area contributed by atoms with E-state index >= 15 is 0 Å². The van der Waals surface area contributed by atoms with Crippen LogP contribution in [0.2, 0.25) is 0 Å². The van der Waals surface area contributed by atoms with Gasteiger partial charge in [-0.25, -0.2) is 0 Å². The predicted molar refractivity (Wildman–Crippen MR) is 195 cm³/mol. The summed E-state index contributed by atoms with van der Waals surface area (Å²) >= 11 is 0. The van der Waals surface area contributed by atoms with Crippen molar-refractivity contribution in [2.75, 3.05) is 0 Å². The number of aliphatic hydroxyl groups is 1. The van der Waals surface area contributed by atoms with Crippen LogP contribution < -0.4 is 0 Å². The third kappa shape index (κ3) is 37.8. The lowest BCUT2D eigenvalue weighted by Crippen LogP contribution is -2.10. The highest BCUT2D eigenvalue weighted by Crippen LogP contribution is 2.23. The van der Waals surface area contributed by atoms with Gasteiger partial charge in [-0.15, -0.1) is 12.4 Å². The van der Waals surface area contributed by atoms with Crippen molar-refractivity contribution in [2.24, 2.45) is 5.92 Å². The fourth-order valence-corrected chi connectivity index (χ4v) is 6.13. The van der Waals surface area contributed by atoms with Gasteiger partial charge in [-0.1, -0.05) is 179 Å². The van der Waals surface area contributed by atoms with Crippen molar-refractivity contribution in [1.82, 2.24) is 0 Å². The molecule has 0 aromatic carbocycles. The first-order valence-electron chi connectivity index (χ1n) is 19.0. The van der Waals surface area contributed by atoms with Gasteiger partial charge in [0.05, 0.1) is 6.10 Å². The second kappa shape index (κ2) is 38.8. The zero-order chi connectivity index (χ0) is 29.9. The molecule has 0 aliphatic carbocycles. The van der Waals surface area contributed by atoms with E-state index in [1.807, 2.05) is 0 Å². The molecule has 0 amide bonds. The summed E-state index contributed by atoms with van der Waals surface area (Å²) < 4.78 is 0. The Hall–Kier alpha value is -0.270. The Morgan fingerprint density at radius 1 is 0.429 bits per heavy atom. The Kier molecular flexibility index (Phi) is 40.5. The minimum absolute atomic E-state index is 0. The maximum Gasteiger partial charge on any atom is 0.0543 e. The van der Waals surface area contributed by atoms with Crippen LogP contribution >= 0.6 is 12.4 Å². The standard InChI is InChI=1S/C40H77O.ClH/c1-4-6-8-10-12-14-16-18-20-22-24-26-28-30-32-34-36-40(38-39(3)41)37-35-33-31-29-27-25-23-21-19-17-15-13-11-9-7-5-2;/h18-21,39-41H,3-17,22-38H2,1-2H3;1H/b20-18-,21-19-;. The molecule has 1 unspecified atom stereocenters. The molecular formula is C40H78ClO. The van der Waals surface area contributed by atoms with Crippen molar-refractivity contribution in [3.8, 4) is 0 Å². The molecule has 42 heavy (non-hydrogen) atoms. The second-order valence-corrected chi connectivity index (χ2v) is 13.2. The molecule has 0 heterocycles. The lowest BCUT2D eigenvalue weighted by atomic mass is 9.90. The molecule has 251 valence electrons. The first-order valence-corrected chi connectivity index (χ1v) is 19.0. The number of aliphatic hydroxyl groups excluding tert-OH is 1. The number of hydrogen-bond acceptors (Lipinski definition) is 1. The fraction of sp³-hybridized carbons (Fsp3) is 0.875. The molecule has 0 fully saturated rings. The number of halogens is 1. The Morgan fingerprint density at radius 3 is 0.976 bits per heavy atom. The highest BCUT2D eigenvalue weighted by molar-refractivity contribution is 5.85. The van der Waals surface area contributed by atoms with Gasteiger partial charge in [0.15, 0.2) is 0 Å². The van der Waals surface area contributed by atoms with Crippen molar-refractivity contribution in [2.45, 2.75) is 219 Å². The van der Waals surface area contributed by atoms with Crippen molar-refractivity contribution < 1.29 is 5.11 Å². The van der Waals surface area contributed by atoms with Gasteiger partial charge in [0.2, 0.25) is 0 Å². The molecule has 1 N–H and O–H groups in total. The molecule has 1 atom stereocenters. The molecule has 0 bridgehead atoms. The zero-order valence-corrected chi connectivity index (χ0v) is 29.8. The first-order chi connectivity index (χ1) is 20.2. The van der Waals surface area contributed by atoms with Gasteiger partial charge in [0.1, 0.15) is 0 Å². The van der Waals surface area contributed by atoms with Crippen LogP contribution in [0.5, 0.6) is 0 Å². The van der Waals surface area contributed by atoms with Gasteiger partial charge in [-0.05, 0) is 70.6 Å². The van der Waals surface area contributed by atoms with E-state index in [9.17, 15) is 5.11 Å². The summed E-state index contributed by atoms with van der Waals surface area (Å²) in [4.78, 5) is 0. The number of unbranched alkanes of at least 4 members (excludes halogenated alkanes) is 24. The maximum atomic E-state index is 9.87. The van der Waals surface area contributed by atoms with E-state index < -0.39 is 0 Å². The molecular weight excluding hydrogens is 532 g/mol. The predicted octanol–water partition coefficient (Wildman–Crippen LogP) is 14.5. The van der Waals surface area contributed by atoms with Crippen molar-refractivity contribution in [3.63, 3.8) is 0 Å². The van der Waals surface area contributed by atoms with Gasteiger partial charge in [-0.2, -0.15) is 0 Å². The van der Waals surface area contributed by atoms with E-state index in [1.54, 1.807) is 0 Å². The van der Waals surface area contributed by atoms with E-state index in [4.69, 9.17) is 0 Å². The van der Waals surface area contributed by atoms with Crippen molar-refractivity contribution in [3.05, 3.63) is 31.2 Å². The fourth-order valence-electron chi connectivity index (χ4n) is 6.13. The normalized spacial score (nSPS) is 12.6. The van der Waals surface area contributed by atoms with Crippen LogP contribution in [0.15, 0.2) is 24.3 Å². The van der Waals surface area contributed by atoms with Gasteiger partial charge in [0.25, 0.3) is 0 Å². The summed E-state index contributed by atoms with van der Waals surface area (Å²) in [5.74, 6) is 0.677. The SMILES string of the molecule is Cl.[CH2]C(O)CC(CCCCCCCC/C=C\CCCCCCCC)CCCCCCCC/C=C\CCCCCCCC. The van der Waals surface area contributed by atoms with Crippen LogP contribution in [0.3, 0.4) is 0 Å². The van der Waals surface area contributed by atoms with Crippen LogP contribution in [0.25, 0.3) is 0 Å². The molecule has 1 nitrogen and oxygen atoms in total. The van der Waals surface area contributed by atoms with Crippen LogP contribution in [-0.2, 0) is 0 Å². The van der Waals surface area contributed by atoms with E-state index in [1.165, 1.54) is 193 Å². The average Bonchev–Trinajstić information content (AvgIpc) is 2.96. The monoisotopic (exact) mass is 610 g/mol. The smallest absolute Gasteiger partial charge is 0.0543 e. The van der Waals surface area contributed by atoms with Gasteiger partial charge < -0.3 is 5.11 Å². The molecule has 2 heteroatoms. The summed E-state index contributed by atoms with van der Waals surface area (Å²) in [5, 5.41) is 9.87. The number of hydrogen-bond donors (Lipinski definition) is 1. The number of allylic oxidation sites excluding steroid dienone is 4. The Balaban J connectivity index is 0. The first kappa shape index (κ1) is 43.9. The summed E-state index contributed by atoms with van der Waals surface area (Å²) in [6, 6.07) is 0. The summed E-state index contributed by atoms with van der Waals surface area (Å²) in [6.45, 7) is 8.45. The molecule has 1 radical (unpaired) electrons. The Bertz CT molecular complexity index is 484. The molecule has 0 saturated heterocycles. The third-order valence-corrected chi connectivity index (χ3v) is 8.85. The molecule has 0 saturated carbocycles. The summed E-state index contributed by atoms with van der Waals surface area (Å²) in [6.07, 6.45) is 51.2. The van der Waals surface area contributed by atoms with Crippen molar-refractivity contribution in [1.29, 1.82) is 0 Å². The second-order valence-electron chi connectivity index (χ2n) is 13.2. The number of rotatable bonds is 34. The van der Waals surface area contributed by atoms with Gasteiger partial charge in [0, 0.05) is 0 Å². The summed E-state index contributed by atoms with van der Waals surface area (Å²) in [5.41, 5.74) is 0.